The number of benzene rings is 1. The average Bonchev–Trinajstić information content (AvgIpc) is 2.87. The van der Waals surface area contributed by atoms with Gasteiger partial charge < -0.3 is 4.42 Å². The Morgan fingerprint density at radius 2 is 1.89 bits per heavy atom. The monoisotopic (exact) mass is 265 g/mol. The van der Waals surface area contributed by atoms with Crippen LogP contribution in [0.25, 0.3) is 11.3 Å². The smallest absolute Gasteiger partial charge is 0.241 e. The van der Waals surface area contributed by atoms with Crippen molar-refractivity contribution >= 4 is 16.3 Å². The van der Waals surface area contributed by atoms with Crippen LogP contribution >= 0.6 is 0 Å². The van der Waals surface area contributed by atoms with E-state index in [9.17, 15) is 13.2 Å². The zero-order chi connectivity index (χ0) is 13.2. The van der Waals surface area contributed by atoms with E-state index < -0.39 is 10.0 Å². The Kier molecular flexibility index (Phi) is 3.31. The maximum Gasteiger partial charge on any atom is 0.241 e. The fourth-order valence-corrected chi connectivity index (χ4v) is 2.51. The van der Waals surface area contributed by atoms with Gasteiger partial charge in [-0.1, -0.05) is 12.1 Å². The van der Waals surface area contributed by atoms with Gasteiger partial charge >= 0.3 is 0 Å². The van der Waals surface area contributed by atoms with Crippen LogP contribution in [0.3, 0.4) is 0 Å². The summed E-state index contributed by atoms with van der Waals surface area (Å²) in [7, 11) is -2.23. The van der Waals surface area contributed by atoms with Crippen molar-refractivity contribution < 1.29 is 17.6 Å². The first-order valence-electron chi connectivity index (χ1n) is 5.16. The molecule has 0 amide bonds. The Balaban J connectivity index is 2.62. The molecule has 0 aliphatic heterocycles. The number of rotatable bonds is 4. The molecule has 2 rings (SSSR count). The maximum atomic E-state index is 11.8. The van der Waals surface area contributed by atoms with Crippen LogP contribution in [0.2, 0.25) is 0 Å². The van der Waals surface area contributed by atoms with E-state index in [0.717, 1.165) is 0 Å². The largest absolute Gasteiger partial charge is 0.453 e. The van der Waals surface area contributed by atoms with E-state index in [1.54, 1.807) is 24.3 Å². The third-order valence-corrected chi connectivity index (χ3v) is 3.93. The topological polar surface area (TPSA) is 76.4 Å². The Hall–Kier alpha value is -1.92. The normalized spacial score (nSPS) is 11.4. The van der Waals surface area contributed by atoms with Crippen LogP contribution in [0.15, 0.2) is 45.7 Å². The summed E-state index contributed by atoms with van der Waals surface area (Å²) >= 11 is 0. The highest BCUT2D eigenvalue weighted by Gasteiger charge is 2.18. The molecule has 1 aromatic carbocycles. The summed E-state index contributed by atoms with van der Waals surface area (Å²) in [5.74, 6) is 0.494. The highest BCUT2D eigenvalue weighted by Crippen LogP contribution is 2.28. The van der Waals surface area contributed by atoms with E-state index in [2.05, 4.69) is 4.72 Å². The fourth-order valence-electron chi connectivity index (χ4n) is 1.58. The number of sulfonamides is 1. The minimum atomic E-state index is -3.57. The van der Waals surface area contributed by atoms with Gasteiger partial charge in [-0.15, -0.1) is 0 Å². The standard InChI is InChI=1S/C12H11NO4S/c1-13-18(15,16)12-5-3-2-4-10(12)11-7-6-9(8-14)17-11/h2-8,13H,1H3. The third-order valence-electron chi connectivity index (χ3n) is 2.45. The van der Waals surface area contributed by atoms with E-state index >= 15 is 0 Å². The minimum Gasteiger partial charge on any atom is -0.453 e. The van der Waals surface area contributed by atoms with Crippen molar-refractivity contribution in [3.05, 3.63) is 42.2 Å². The molecule has 0 radical (unpaired) electrons. The molecular weight excluding hydrogens is 254 g/mol. The summed E-state index contributed by atoms with van der Waals surface area (Å²) in [5.41, 5.74) is 0.417. The van der Waals surface area contributed by atoms with Gasteiger partial charge in [0.2, 0.25) is 10.0 Å². The molecule has 0 unspecified atom stereocenters. The number of hydrogen-bond donors (Lipinski definition) is 1. The lowest BCUT2D eigenvalue weighted by Crippen LogP contribution is -2.19. The minimum absolute atomic E-state index is 0.110. The zero-order valence-electron chi connectivity index (χ0n) is 9.58. The van der Waals surface area contributed by atoms with Crippen molar-refractivity contribution in [1.82, 2.24) is 4.72 Å². The molecule has 18 heavy (non-hydrogen) atoms. The highest BCUT2D eigenvalue weighted by molar-refractivity contribution is 7.89. The Morgan fingerprint density at radius 1 is 1.17 bits per heavy atom. The molecule has 5 nitrogen and oxygen atoms in total. The summed E-state index contributed by atoms with van der Waals surface area (Å²) in [6.45, 7) is 0. The summed E-state index contributed by atoms with van der Waals surface area (Å²) in [6.07, 6.45) is 0.568. The maximum absolute atomic E-state index is 11.8. The van der Waals surface area contributed by atoms with E-state index in [1.165, 1.54) is 19.2 Å². The first kappa shape index (κ1) is 12.5. The van der Waals surface area contributed by atoms with Crippen molar-refractivity contribution in [1.29, 1.82) is 0 Å². The van der Waals surface area contributed by atoms with Crippen LogP contribution in [0.5, 0.6) is 0 Å². The predicted octanol–water partition coefficient (Wildman–Crippen LogP) is 1.67. The van der Waals surface area contributed by atoms with Gasteiger partial charge in [-0.25, -0.2) is 13.1 Å². The Morgan fingerprint density at radius 3 is 2.50 bits per heavy atom. The van der Waals surface area contributed by atoms with Gasteiger partial charge in [0.25, 0.3) is 0 Å². The molecule has 94 valence electrons. The molecule has 0 fully saturated rings. The van der Waals surface area contributed by atoms with Crippen molar-refractivity contribution in [3.63, 3.8) is 0 Å². The summed E-state index contributed by atoms with van der Waals surface area (Å²) in [4.78, 5) is 10.7. The van der Waals surface area contributed by atoms with E-state index in [-0.39, 0.29) is 10.7 Å². The van der Waals surface area contributed by atoms with Gasteiger partial charge in [0.1, 0.15) is 5.76 Å². The molecule has 2 aromatic rings. The third kappa shape index (κ3) is 2.20. The van der Waals surface area contributed by atoms with Crippen LogP contribution in [0.1, 0.15) is 10.6 Å². The van der Waals surface area contributed by atoms with Crippen LogP contribution in [-0.2, 0) is 10.0 Å². The first-order chi connectivity index (χ1) is 8.58. The lowest BCUT2D eigenvalue weighted by Gasteiger charge is -2.07. The van der Waals surface area contributed by atoms with Crippen molar-refractivity contribution in [2.75, 3.05) is 7.05 Å². The molecule has 1 aromatic heterocycles. The quantitative estimate of drug-likeness (QED) is 0.853. The van der Waals surface area contributed by atoms with Gasteiger partial charge in [0, 0.05) is 5.56 Å². The fraction of sp³-hybridized carbons (Fsp3) is 0.0833. The van der Waals surface area contributed by atoms with Gasteiger partial charge in [0.05, 0.1) is 4.90 Å². The molecule has 0 spiro atoms. The first-order valence-corrected chi connectivity index (χ1v) is 6.65. The van der Waals surface area contributed by atoms with Crippen molar-refractivity contribution in [2.45, 2.75) is 4.90 Å². The molecule has 6 heteroatoms. The number of furan rings is 1. The lowest BCUT2D eigenvalue weighted by molar-refractivity contribution is 0.110. The van der Waals surface area contributed by atoms with Gasteiger partial charge in [-0.05, 0) is 31.3 Å². The molecule has 0 aliphatic rings. The highest BCUT2D eigenvalue weighted by atomic mass is 32.2. The number of carbonyl (C=O) groups excluding carboxylic acids is 1. The molecule has 0 atom stereocenters. The zero-order valence-corrected chi connectivity index (χ0v) is 10.4. The van der Waals surface area contributed by atoms with Crippen LogP contribution in [-0.4, -0.2) is 21.8 Å². The van der Waals surface area contributed by atoms with Crippen LogP contribution < -0.4 is 4.72 Å². The molecule has 1 N–H and O–H groups in total. The second-order valence-corrected chi connectivity index (χ2v) is 5.38. The second kappa shape index (κ2) is 4.75. The number of aldehydes is 1. The molecule has 0 bridgehead atoms. The van der Waals surface area contributed by atoms with Crippen LogP contribution in [0.4, 0.5) is 0 Å². The number of carbonyl (C=O) groups is 1. The SMILES string of the molecule is CNS(=O)(=O)c1ccccc1-c1ccc(C=O)o1. The molecule has 0 saturated carbocycles. The van der Waals surface area contributed by atoms with Crippen molar-refractivity contribution in [3.8, 4) is 11.3 Å². The summed E-state index contributed by atoms with van der Waals surface area (Å²) in [5, 5.41) is 0. The van der Waals surface area contributed by atoms with E-state index in [1.807, 2.05) is 0 Å². The predicted molar refractivity (Wildman–Crippen MR) is 65.8 cm³/mol. The number of hydrogen-bond acceptors (Lipinski definition) is 4. The van der Waals surface area contributed by atoms with Crippen molar-refractivity contribution in [2.24, 2.45) is 0 Å². The summed E-state index contributed by atoms with van der Waals surface area (Å²) in [6, 6.07) is 9.48. The Labute approximate surface area is 104 Å². The number of nitrogens with one attached hydrogen (secondary N) is 1. The van der Waals surface area contributed by atoms with E-state index in [4.69, 9.17) is 4.42 Å². The van der Waals surface area contributed by atoms with Gasteiger partial charge in [-0.2, -0.15) is 0 Å². The lowest BCUT2D eigenvalue weighted by atomic mass is 10.2. The van der Waals surface area contributed by atoms with Gasteiger partial charge in [0.15, 0.2) is 12.0 Å². The van der Waals surface area contributed by atoms with E-state index in [0.29, 0.717) is 17.6 Å². The van der Waals surface area contributed by atoms with Crippen LogP contribution in [0, 0.1) is 0 Å². The molecule has 1 heterocycles. The Bertz CT molecular complexity index is 673. The average molecular weight is 265 g/mol. The van der Waals surface area contributed by atoms with Gasteiger partial charge in [-0.3, -0.25) is 4.79 Å². The molecular formula is C12H11NO4S. The molecule has 0 saturated heterocycles. The summed E-state index contributed by atoms with van der Waals surface area (Å²) < 4.78 is 31.2. The second-order valence-electron chi connectivity index (χ2n) is 3.52. The molecule has 0 aliphatic carbocycles.